The van der Waals surface area contributed by atoms with Crippen LogP contribution in [0.5, 0.6) is 0 Å². The van der Waals surface area contributed by atoms with E-state index < -0.39 is 0 Å². The highest BCUT2D eigenvalue weighted by atomic mass is 14.8. The van der Waals surface area contributed by atoms with Crippen LogP contribution < -0.4 is 0 Å². The standard InChI is InChI=1S/C18H24N2/c1-6-13(2)14-9-7-8-10-15(14)16-11-17(18(3,4)5)20-12-19-16/h7-13H,6H2,1-5H3. The summed E-state index contributed by atoms with van der Waals surface area (Å²) in [5, 5.41) is 0. The van der Waals surface area contributed by atoms with Crippen molar-refractivity contribution in [1.82, 2.24) is 9.97 Å². The van der Waals surface area contributed by atoms with Gasteiger partial charge in [-0.15, -0.1) is 0 Å². The molecular weight excluding hydrogens is 244 g/mol. The average Bonchev–Trinajstić information content (AvgIpc) is 2.45. The SMILES string of the molecule is CCC(C)c1ccccc1-c1cc(C(C)(C)C)ncn1. The fourth-order valence-electron chi connectivity index (χ4n) is 2.29. The van der Waals surface area contributed by atoms with E-state index in [0.29, 0.717) is 5.92 Å². The van der Waals surface area contributed by atoms with Crippen LogP contribution in [-0.2, 0) is 5.41 Å². The number of aromatic nitrogens is 2. The van der Waals surface area contributed by atoms with Crippen LogP contribution in [0.4, 0.5) is 0 Å². The molecule has 0 aliphatic carbocycles. The lowest BCUT2D eigenvalue weighted by Gasteiger charge is -2.19. The molecule has 0 saturated heterocycles. The van der Waals surface area contributed by atoms with Gasteiger partial charge in [-0.2, -0.15) is 0 Å². The van der Waals surface area contributed by atoms with Gasteiger partial charge in [-0.3, -0.25) is 0 Å². The molecule has 0 radical (unpaired) electrons. The monoisotopic (exact) mass is 268 g/mol. The van der Waals surface area contributed by atoms with Gasteiger partial charge >= 0.3 is 0 Å². The summed E-state index contributed by atoms with van der Waals surface area (Å²) in [5.74, 6) is 0.541. The first-order valence-corrected chi connectivity index (χ1v) is 7.35. The molecule has 1 aromatic heterocycles. The molecule has 2 rings (SSSR count). The van der Waals surface area contributed by atoms with Crippen LogP contribution in [0.2, 0.25) is 0 Å². The van der Waals surface area contributed by atoms with Crippen molar-refractivity contribution in [1.29, 1.82) is 0 Å². The molecule has 1 heterocycles. The van der Waals surface area contributed by atoms with Crippen LogP contribution in [0.25, 0.3) is 11.3 Å². The molecule has 0 amide bonds. The molecule has 0 bridgehead atoms. The summed E-state index contributed by atoms with van der Waals surface area (Å²) in [6.45, 7) is 11.0. The van der Waals surface area contributed by atoms with Crippen LogP contribution in [0, 0.1) is 0 Å². The minimum Gasteiger partial charge on any atom is -0.241 e. The highest BCUT2D eigenvalue weighted by molar-refractivity contribution is 5.64. The molecule has 106 valence electrons. The van der Waals surface area contributed by atoms with E-state index in [1.807, 2.05) is 0 Å². The molecule has 0 N–H and O–H groups in total. The van der Waals surface area contributed by atoms with Gasteiger partial charge in [0.2, 0.25) is 0 Å². The van der Waals surface area contributed by atoms with Gasteiger partial charge in [-0.05, 0) is 24.0 Å². The van der Waals surface area contributed by atoms with Gasteiger partial charge in [-0.1, -0.05) is 58.9 Å². The Kier molecular flexibility index (Phi) is 4.22. The molecule has 2 heteroatoms. The zero-order valence-electron chi connectivity index (χ0n) is 13.1. The second kappa shape index (κ2) is 5.74. The Balaban J connectivity index is 2.52. The lowest BCUT2D eigenvalue weighted by atomic mass is 9.89. The Morgan fingerprint density at radius 2 is 1.80 bits per heavy atom. The Morgan fingerprint density at radius 1 is 1.10 bits per heavy atom. The Bertz CT molecular complexity index is 582. The summed E-state index contributed by atoms with van der Waals surface area (Å²) in [4.78, 5) is 8.91. The van der Waals surface area contributed by atoms with Gasteiger partial charge in [0.25, 0.3) is 0 Å². The summed E-state index contributed by atoms with van der Waals surface area (Å²) >= 11 is 0. The van der Waals surface area contributed by atoms with Gasteiger partial charge in [0.15, 0.2) is 0 Å². The number of rotatable bonds is 3. The van der Waals surface area contributed by atoms with Gasteiger partial charge in [0, 0.05) is 16.7 Å². The van der Waals surface area contributed by atoms with Crippen LogP contribution in [-0.4, -0.2) is 9.97 Å². The second-order valence-electron chi connectivity index (χ2n) is 6.44. The van der Waals surface area contributed by atoms with Gasteiger partial charge in [-0.25, -0.2) is 9.97 Å². The zero-order valence-corrected chi connectivity index (χ0v) is 13.1. The number of nitrogens with zero attached hydrogens (tertiary/aromatic N) is 2. The molecule has 0 fully saturated rings. The van der Waals surface area contributed by atoms with Gasteiger partial charge in [0.1, 0.15) is 6.33 Å². The first-order valence-electron chi connectivity index (χ1n) is 7.35. The molecule has 0 aliphatic rings. The smallest absolute Gasteiger partial charge is 0.116 e. The summed E-state index contributed by atoms with van der Waals surface area (Å²) in [5.41, 5.74) is 4.76. The summed E-state index contributed by atoms with van der Waals surface area (Å²) in [6, 6.07) is 10.7. The highest BCUT2D eigenvalue weighted by Gasteiger charge is 2.18. The second-order valence-corrected chi connectivity index (χ2v) is 6.44. The zero-order chi connectivity index (χ0) is 14.8. The molecule has 1 atom stereocenters. The third-order valence-corrected chi connectivity index (χ3v) is 3.82. The van der Waals surface area contributed by atoms with E-state index in [0.717, 1.165) is 17.8 Å². The van der Waals surface area contributed by atoms with Crippen molar-refractivity contribution in [3.8, 4) is 11.3 Å². The van der Waals surface area contributed by atoms with Gasteiger partial charge < -0.3 is 0 Å². The largest absolute Gasteiger partial charge is 0.241 e. The predicted molar refractivity (Wildman–Crippen MR) is 84.9 cm³/mol. The molecular formula is C18H24N2. The van der Waals surface area contributed by atoms with Crippen LogP contribution in [0.3, 0.4) is 0 Å². The van der Waals surface area contributed by atoms with Crippen LogP contribution >= 0.6 is 0 Å². The number of hydrogen-bond donors (Lipinski definition) is 0. The molecule has 0 saturated carbocycles. The first kappa shape index (κ1) is 14.7. The highest BCUT2D eigenvalue weighted by Crippen LogP contribution is 2.31. The topological polar surface area (TPSA) is 25.8 Å². The molecule has 2 aromatic rings. The minimum absolute atomic E-state index is 0.0446. The van der Waals surface area contributed by atoms with Crippen LogP contribution in [0.1, 0.15) is 58.2 Å². The van der Waals surface area contributed by atoms with Gasteiger partial charge in [0.05, 0.1) is 5.69 Å². The normalized spacial score (nSPS) is 13.2. The summed E-state index contributed by atoms with van der Waals surface area (Å²) in [6.07, 6.45) is 2.82. The van der Waals surface area contributed by atoms with Crippen molar-refractivity contribution in [2.45, 2.75) is 52.4 Å². The lowest BCUT2D eigenvalue weighted by Crippen LogP contribution is -2.13. The van der Waals surface area contributed by atoms with E-state index in [2.05, 4.69) is 74.9 Å². The third-order valence-electron chi connectivity index (χ3n) is 3.82. The molecule has 0 aliphatic heterocycles. The minimum atomic E-state index is 0.0446. The lowest BCUT2D eigenvalue weighted by molar-refractivity contribution is 0.567. The van der Waals surface area contributed by atoms with Crippen molar-refractivity contribution in [3.63, 3.8) is 0 Å². The van der Waals surface area contributed by atoms with Crippen molar-refractivity contribution in [2.75, 3.05) is 0 Å². The van der Waals surface area contributed by atoms with E-state index in [-0.39, 0.29) is 5.41 Å². The fraction of sp³-hybridized carbons (Fsp3) is 0.444. The van der Waals surface area contributed by atoms with Crippen molar-refractivity contribution < 1.29 is 0 Å². The maximum absolute atomic E-state index is 4.49. The predicted octanol–water partition coefficient (Wildman–Crippen LogP) is 4.95. The maximum atomic E-state index is 4.49. The first-order chi connectivity index (χ1) is 9.43. The van der Waals surface area contributed by atoms with Crippen molar-refractivity contribution in [2.24, 2.45) is 0 Å². The molecule has 1 aromatic carbocycles. The van der Waals surface area contributed by atoms with E-state index in [1.54, 1.807) is 6.33 Å². The quantitative estimate of drug-likeness (QED) is 0.786. The van der Waals surface area contributed by atoms with E-state index in [9.17, 15) is 0 Å². The number of benzene rings is 1. The molecule has 2 nitrogen and oxygen atoms in total. The number of hydrogen-bond acceptors (Lipinski definition) is 2. The Labute approximate surface area is 122 Å². The maximum Gasteiger partial charge on any atom is 0.116 e. The fourth-order valence-corrected chi connectivity index (χ4v) is 2.29. The summed E-state index contributed by atoms with van der Waals surface area (Å²) < 4.78 is 0. The molecule has 1 unspecified atom stereocenters. The third kappa shape index (κ3) is 3.06. The Morgan fingerprint density at radius 3 is 2.45 bits per heavy atom. The van der Waals surface area contributed by atoms with Crippen molar-refractivity contribution >= 4 is 0 Å². The molecule has 0 spiro atoms. The summed E-state index contributed by atoms with van der Waals surface area (Å²) in [7, 11) is 0. The molecule has 20 heavy (non-hydrogen) atoms. The Hall–Kier alpha value is -1.70. The van der Waals surface area contributed by atoms with Crippen molar-refractivity contribution in [3.05, 3.63) is 47.9 Å². The van der Waals surface area contributed by atoms with E-state index >= 15 is 0 Å². The van der Waals surface area contributed by atoms with Crippen LogP contribution in [0.15, 0.2) is 36.7 Å². The average molecular weight is 268 g/mol. The van der Waals surface area contributed by atoms with E-state index in [1.165, 1.54) is 11.1 Å². The van der Waals surface area contributed by atoms with E-state index in [4.69, 9.17) is 0 Å².